The number of ether oxygens (including phenoxy) is 1. The van der Waals surface area contributed by atoms with Crippen LogP contribution in [0.2, 0.25) is 0 Å². The van der Waals surface area contributed by atoms with Crippen LogP contribution in [0.25, 0.3) is 0 Å². The summed E-state index contributed by atoms with van der Waals surface area (Å²) in [6.07, 6.45) is -0.472. The predicted molar refractivity (Wildman–Crippen MR) is 108 cm³/mol. The van der Waals surface area contributed by atoms with Gasteiger partial charge in [0.05, 0.1) is 5.75 Å². The number of alkyl carbamates (subject to hydrolysis) is 1. The molecule has 1 amide bonds. The monoisotopic (exact) mass is 416 g/mol. The highest BCUT2D eigenvalue weighted by atomic mass is 32.2. The van der Waals surface area contributed by atoms with Crippen molar-refractivity contribution < 1.29 is 22.7 Å². The van der Waals surface area contributed by atoms with Gasteiger partial charge in [0, 0.05) is 24.3 Å². The van der Waals surface area contributed by atoms with Gasteiger partial charge in [-0.3, -0.25) is 4.79 Å². The molecular weight excluding hydrogens is 388 g/mol. The minimum atomic E-state index is -3.50. The Morgan fingerprint density at radius 2 is 1.81 bits per heavy atom. The lowest BCUT2D eigenvalue weighted by Crippen LogP contribution is -2.44. The zero-order valence-electron chi connectivity index (χ0n) is 16.2. The Morgan fingerprint density at radius 1 is 1.19 bits per heavy atom. The van der Waals surface area contributed by atoms with E-state index in [2.05, 4.69) is 10.0 Å². The number of nitrogens with one attached hydrogen (secondary N) is 2. The van der Waals surface area contributed by atoms with E-state index < -0.39 is 27.7 Å². The summed E-state index contributed by atoms with van der Waals surface area (Å²) in [6.45, 7) is 6.81. The first-order valence-corrected chi connectivity index (χ1v) is 11.2. The van der Waals surface area contributed by atoms with E-state index in [9.17, 15) is 18.0 Å². The molecule has 1 aromatic carbocycles. The normalized spacial score (nSPS) is 13.0. The molecule has 0 fully saturated rings. The molecule has 0 aliphatic rings. The summed E-state index contributed by atoms with van der Waals surface area (Å²) >= 11 is 1.04. The van der Waals surface area contributed by atoms with Gasteiger partial charge in [0.2, 0.25) is 10.0 Å². The number of thioether (sulfide) groups is 1. The van der Waals surface area contributed by atoms with Crippen molar-refractivity contribution in [2.75, 3.05) is 11.5 Å². The van der Waals surface area contributed by atoms with Gasteiger partial charge >= 0.3 is 6.09 Å². The van der Waals surface area contributed by atoms with Crippen molar-refractivity contribution in [1.82, 2.24) is 10.0 Å². The van der Waals surface area contributed by atoms with Crippen LogP contribution in [-0.4, -0.2) is 42.7 Å². The minimum absolute atomic E-state index is 0.102. The van der Waals surface area contributed by atoms with Crippen molar-refractivity contribution >= 4 is 33.0 Å². The number of benzene rings is 1. The van der Waals surface area contributed by atoms with Crippen LogP contribution in [0.5, 0.6) is 0 Å². The molecule has 7 nitrogen and oxygen atoms in total. The third-order valence-electron chi connectivity index (χ3n) is 3.22. The fourth-order valence-electron chi connectivity index (χ4n) is 2.16. The molecule has 1 atom stereocenters. The van der Waals surface area contributed by atoms with Gasteiger partial charge in [0.25, 0.3) is 0 Å². The average molecular weight is 417 g/mol. The fourth-order valence-corrected chi connectivity index (χ4v) is 4.48. The zero-order chi connectivity index (χ0) is 20.5. The Hall–Kier alpha value is -1.58. The first kappa shape index (κ1) is 23.5. The highest BCUT2D eigenvalue weighted by Crippen LogP contribution is 2.10. The van der Waals surface area contributed by atoms with Crippen molar-refractivity contribution in [3.05, 3.63) is 35.9 Å². The second kappa shape index (κ2) is 10.7. The number of carbonyl (C=O) groups is 2. The van der Waals surface area contributed by atoms with Crippen molar-refractivity contribution in [2.24, 2.45) is 0 Å². The second-order valence-electron chi connectivity index (χ2n) is 7.17. The SMILES string of the molecule is CC(=O)SCC(CCS(=O)(=O)NC(C)(C)C)NC(=O)OCc1ccccc1. The van der Waals surface area contributed by atoms with Crippen molar-refractivity contribution in [1.29, 1.82) is 0 Å². The van der Waals surface area contributed by atoms with Crippen LogP contribution in [0.1, 0.15) is 39.7 Å². The quantitative estimate of drug-likeness (QED) is 0.642. The van der Waals surface area contributed by atoms with E-state index in [0.29, 0.717) is 0 Å². The molecule has 2 N–H and O–H groups in total. The summed E-state index contributed by atoms with van der Waals surface area (Å²) in [4.78, 5) is 23.3. The third kappa shape index (κ3) is 11.7. The summed E-state index contributed by atoms with van der Waals surface area (Å²) in [5, 5.41) is 2.55. The number of sulfonamides is 1. The molecule has 0 bridgehead atoms. The van der Waals surface area contributed by atoms with Gasteiger partial charge in [-0.05, 0) is 32.8 Å². The smallest absolute Gasteiger partial charge is 0.407 e. The summed E-state index contributed by atoms with van der Waals surface area (Å²) < 4.78 is 32.1. The summed E-state index contributed by atoms with van der Waals surface area (Å²) in [7, 11) is -3.50. The van der Waals surface area contributed by atoms with Gasteiger partial charge in [-0.15, -0.1) is 0 Å². The Bertz CT molecular complexity index is 715. The number of hydrogen-bond acceptors (Lipinski definition) is 6. The van der Waals surface area contributed by atoms with Crippen LogP contribution < -0.4 is 10.0 Å². The van der Waals surface area contributed by atoms with E-state index in [1.807, 2.05) is 30.3 Å². The van der Waals surface area contributed by atoms with Gasteiger partial charge in [0.1, 0.15) is 6.61 Å². The van der Waals surface area contributed by atoms with Crippen LogP contribution in [-0.2, 0) is 26.2 Å². The molecule has 9 heteroatoms. The van der Waals surface area contributed by atoms with Crippen LogP contribution >= 0.6 is 11.8 Å². The predicted octanol–water partition coefficient (Wildman–Crippen LogP) is 2.67. The molecule has 0 radical (unpaired) electrons. The third-order valence-corrected chi connectivity index (χ3v) is 5.89. The highest BCUT2D eigenvalue weighted by Gasteiger charge is 2.23. The number of amides is 1. The summed E-state index contributed by atoms with van der Waals surface area (Å²) in [5.41, 5.74) is 0.268. The lowest BCUT2D eigenvalue weighted by atomic mass is 10.1. The minimum Gasteiger partial charge on any atom is -0.445 e. The van der Waals surface area contributed by atoms with Crippen LogP contribution in [0, 0.1) is 0 Å². The van der Waals surface area contributed by atoms with Crippen molar-refractivity contribution in [2.45, 2.75) is 52.3 Å². The Kier molecular flexibility index (Phi) is 9.28. The van der Waals surface area contributed by atoms with E-state index >= 15 is 0 Å². The molecule has 0 aliphatic carbocycles. The average Bonchev–Trinajstić information content (AvgIpc) is 2.54. The first-order valence-electron chi connectivity index (χ1n) is 8.59. The first-order chi connectivity index (χ1) is 12.5. The molecule has 1 aromatic rings. The van der Waals surface area contributed by atoms with Crippen LogP contribution in [0.4, 0.5) is 4.79 Å². The van der Waals surface area contributed by atoms with Gasteiger partial charge in [-0.25, -0.2) is 17.9 Å². The van der Waals surface area contributed by atoms with Gasteiger partial charge in [-0.1, -0.05) is 42.1 Å². The molecular formula is C18H28N2O5S2. The maximum atomic E-state index is 12.2. The highest BCUT2D eigenvalue weighted by molar-refractivity contribution is 8.13. The largest absolute Gasteiger partial charge is 0.445 e. The summed E-state index contributed by atoms with van der Waals surface area (Å²) in [6, 6.07) is 8.72. The molecule has 0 spiro atoms. The molecule has 0 heterocycles. The maximum Gasteiger partial charge on any atom is 0.407 e. The maximum absolute atomic E-state index is 12.2. The lowest BCUT2D eigenvalue weighted by molar-refractivity contribution is -0.109. The number of rotatable bonds is 9. The Morgan fingerprint density at radius 3 is 2.37 bits per heavy atom. The van der Waals surface area contributed by atoms with E-state index in [4.69, 9.17) is 4.74 Å². The second-order valence-corrected chi connectivity index (χ2v) is 10.2. The molecule has 0 aromatic heterocycles. The number of hydrogen-bond donors (Lipinski definition) is 2. The fraction of sp³-hybridized carbons (Fsp3) is 0.556. The van der Waals surface area contributed by atoms with E-state index in [1.165, 1.54) is 6.92 Å². The van der Waals surface area contributed by atoms with Gasteiger partial charge in [0.15, 0.2) is 5.12 Å². The van der Waals surface area contributed by atoms with E-state index in [-0.39, 0.29) is 29.6 Å². The van der Waals surface area contributed by atoms with Crippen LogP contribution in [0.15, 0.2) is 30.3 Å². The van der Waals surface area contributed by atoms with Gasteiger partial charge in [-0.2, -0.15) is 0 Å². The van der Waals surface area contributed by atoms with Crippen molar-refractivity contribution in [3.8, 4) is 0 Å². The molecule has 152 valence electrons. The van der Waals surface area contributed by atoms with Crippen LogP contribution in [0.3, 0.4) is 0 Å². The summed E-state index contributed by atoms with van der Waals surface area (Å²) in [5.74, 6) is 0.118. The topological polar surface area (TPSA) is 102 Å². The lowest BCUT2D eigenvalue weighted by Gasteiger charge is -2.22. The molecule has 0 aliphatic heterocycles. The molecule has 0 saturated heterocycles. The van der Waals surface area contributed by atoms with Crippen molar-refractivity contribution in [3.63, 3.8) is 0 Å². The standard InChI is InChI=1S/C18H28N2O5S2/c1-14(21)26-13-16(10-11-27(23,24)20-18(2,3)4)19-17(22)25-12-15-8-6-5-7-9-15/h5-9,16,20H,10-13H2,1-4H3,(H,19,22). The van der Waals surface area contributed by atoms with E-state index in [0.717, 1.165) is 17.3 Å². The molecule has 1 rings (SSSR count). The number of carbonyl (C=O) groups excluding carboxylic acids is 2. The zero-order valence-corrected chi connectivity index (χ0v) is 17.8. The van der Waals surface area contributed by atoms with Gasteiger partial charge < -0.3 is 10.1 Å². The molecule has 27 heavy (non-hydrogen) atoms. The van der Waals surface area contributed by atoms with E-state index in [1.54, 1.807) is 20.8 Å². The molecule has 1 unspecified atom stereocenters. The Labute approximate surface area is 165 Å². The molecule has 0 saturated carbocycles. The Balaban J connectivity index is 2.59.